The van der Waals surface area contributed by atoms with Gasteiger partial charge < -0.3 is 9.80 Å². The van der Waals surface area contributed by atoms with Crippen molar-refractivity contribution in [3.05, 3.63) is 59.3 Å². The van der Waals surface area contributed by atoms with E-state index in [4.69, 9.17) is 0 Å². The first-order valence-electron chi connectivity index (χ1n) is 13.2. The first-order valence-corrected chi connectivity index (χ1v) is 14.0. The Morgan fingerprint density at radius 2 is 1.65 bits per heavy atom. The van der Waals surface area contributed by atoms with Crippen molar-refractivity contribution in [3.8, 4) is 11.3 Å². The number of thioether (sulfide) groups is 1. The van der Waals surface area contributed by atoms with Crippen LogP contribution in [0.15, 0.2) is 58.7 Å². The van der Waals surface area contributed by atoms with E-state index in [0.717, 1.165) is 85.0 Å². The molecular weight excluding hydrogens is 480 g/mol. The SMILES string of the molecule is CC(C)N1CCN(c2ccc(-c3ncnc4ccc(C=C5SC(N6CCCC6)=NC5=O)cc34)cc2)CC1. The minimum absolute atomic E-state index is 0.152. The van der Waals surface area contributed by atoms with E-state index in [9.17, 15) is 4.79 Å². The van der Waals surface area contributed by atoms with Gasteiger partial charge >= 0.3 is 0 Å². The number of aromatic nitrogens is 2. The van der Waals surface area contributed by atoms with Gasteiger partial charge in [-0.2, -0.15) is 4.99 Å². The molecule has 0 radical (unpaired) electrons. The van der Waals surface area contributed by atoms with Crippen molar-refractivity contribution in [1.29, 1.82) is 0 Å². The minimum Gasteiger partial charge on any atom is -0.369 e. The number of hydrogen-bond acceptors (Lipinski definition) is 7. The standard InChI is InChI=1S/C29H32N6OS/c1-20(2)33-13-15-34(16-14-33)23-8-6-22(7-9-23)27-24-17-21(5-10-25(24)30-19-31-27)18-26-28(36)32-29(37-26)35-11-3-4-12-35/h5-10,17-20H,3-4,11-16H2,1-2H3. The normalized spacial score (nSPS) is 20.0. The van der Waals surface area contributed by atoms with Crippen molar-refractivity contribution in [2.45, 2.75) is 32.7 Å². The molecule has 0 N–H and O–H groups in total. The van der Waals surface area contributed by atoms with Crippen LogP contribution in [0, 0.1) is 0 Å². The molecule has 0 atom stereocenters. The Morgan fingerprint density at radius 3 is 2.38 bits per heavy atom. The fourth-order valence-corrected chi connectivity index (χ4v) is 6.28. The fourth-order valence-electron chi connectivity index (χ4n) is 5.31. The number of carbonyl (C=O) groups excluding carboxylic acids is 1. The second kappa shape index (κ2) is 10.3. The monoisotopic (exact) mass is 512 g/mol. The van der Waals surface area contributed by atoms with Gasteiger partial charge in [0.15, 0.2) is 5.17 Å². The maximum atomic E-state index is 12.6. The van der Waals surface area contributed by atoms with E-state index < -0.39 is 0 Å². The molecule has 0 bridgehead atoms. The van der Waals surface area contributed by atoms with Gasteiger partial charge in [-0.25, -0.2) is 9.97 Å². The number of carbonyl (C=O) groups is 1. The summed E-state index contributed by atoms with van der Waals surface area (Å²) in [6, 6.07) is 15.4. The largest absolute Gasteiger partial charge is 0.369 e. The second-order valence-electron chi connectivity index (χ2n) is 10.2. The summed E-state index contributed by atoms with van der Waals surface area (Å²) in [5.74, 6) is -0.152. The third-order valence-corrected chi connectivity index (χ3v) is 8.54. The third kappa shape index (κ3) is 5.00. The number of amides is 1. The molecule has 0 saturated carbocycles. The van der Waals surface area contributed by atoms with Crippen LogP contribution in [0.5, 0.6) is 0 Å². The molecule has 3 aliphatic rings. The average Bonchev–Trinajstić information content (AvgIpc) is 3.59. The van der Waals surface area contributed by atoms with Crippen molar-refractivity contribution in [3.63, 3.8) is 0 Å². The number of rotatable bonds is 4. The van der Waals surface area contributed by atoms with Crippen LogP contribution in [0.25, 0.3) is 28.2 Å². The molecule has 2 saturated heterocycles. The number of benzene rings is 2. The van der Waals surface area contributed by atoms with Crippen LogP contribution in [-0.4, -0.2) is 76.2 Å². The van der Waals surface area contributed by atoms with Crippen molar-refractivity contribution in [1.82, 2.24) is 19.8 Å². The fraction of sp³-hybridized carbons (Fsp3) is 0.379. The number of likely N-dealkylation sites (tertiary alicyclic amines) is 1. The van der Waals surface area contributed by atoms with Gasteiger partial charge in [0.05, 0.1) is 16.1 Å². The van der Waals surface area contributed by atoms with E-state index in [1.807, 2.05) is 18.2 Å². The number of aliphatic imine (C=N–C) groups is 1. The lowest BCUT2D eigenvalue weighted by atomic mass is 10.0. The van der Waals surface area contributed by atoms with Gasteiger partial charge in [0, 0.05) is 61.9 Å². The van der Waals surface area contributed by atoms with Crippen LogP contribution in [0.4, 0.5) is 5.69 Å². The summed E-state index contributed by atoms with van der Waals surface area (Å²) in [6.07, 6.45) is 5.89. The van der Waals surface area contributed by atoms with Gasteiger partial charge in [0.2, 0.25) is 0 Å². The number of amidine groups is 1. The topological polar surface area (TPSA) is 64.9 Å². The molecule has 6 rings (SSSR count). The molecule has 7 nitrogen and oxygen atoms in total. The summed E-state index contributed by atoms with van der Waals surface area (Å²) in [7, 11) is 0. The number of anilines is 1. The van der Waals surface area contributed by atoms with Crippen LogP contribution in [0.1, 0.15) is 32.3 Å². The van der Waals surface area contributed by atoms with Gasteiger partial charge in [-0.05, 0) is 74.4 Å². The van der Waals surface area contributed by atoms with Crippen molar-refractivity contribution >= 4 is 45.5 Å². The highest BCUT2D eigenvalue weighted by Gasteiger charge is 2.27. The lowest BCUT2D eigenvalue weighted by Crippen LogP contribution is -2.48. The molecule has 3 aliphatic heterocycles. The zero-order valence-electron chi connectivity index (χ0n) is 21.4. The van der Waals surface area contributed by atoms with Crippen LogP contribution in [0.3, 0.4) is 0 Å². The van der Waals surface area contributed by atoms with Crippen molar-refractivity contribution in [2.24, 2.45) is 4.99 Å². The summed E-state index contributed by atoms with van der Waals surface area (Å²) in [5.41, 5.74) is 5.06. The van der Waals surface area contributed by atoms with Crippen LogP contribution >= 0.6 is 11.8 Å². The molecule has 0 spiro atoms. The Hall–Kier alpha value is -3.23. The Morgan fingerprint density at radius 1 is 0.892 bits per heavy atom. The van der Waals surface area contributed by atoms with Gasteiger partial charge in [-0.1, -0.05) is 18.2 Å². The van der Waals surface area contributed by atoms with Gasteiger partial charge in [0.25, 0.3) is 5.91 Å². The van der Waals surface area contributed by atoms with E-state index >= 15 is 0 Å². The second-order valence-corrected chi connectivity index (χ2v) is 11.2. The summed E-state index contributed by atoms with van der Waals surface area (Å²) in [6.45, 7) is 10.8. The van der Waals surface area contributed by atoms with E-state index in [-0.39, 0.29) is 5.91 Å². The number of fused-ring (bicyclic) bond motifs is 1. The Balaban J connectivity index is 1.23. The highest BCUT2D eigenvalue weighted by Crippen LogP contribution is 2.33. The Kier molecular flexibility index (Phi) is 6.69. The van der Waals surface area contributed by atoms with E-state index in [1.54, 1.807) is 6.33 Å². The molecule has 2 fully saturated rings. The first-order chi connectivity index (χ1) is 18.0. The summed E-state index contributed by atoms with van der Waals surface area (Å²) in [4.78, 5) is 33.9. The summed E-state index contributed by atoms with van der Waals surface area (Å²) in [5, 5.41) is 1.82. The number of nitrogens with zero attached hydrogens (tertiary/aromatic N) is 6. The molecule has 8 heteroatoms. The van der Waals surface area contributed by atoms with Gasteiger partial charge in [-0.3, -0.25) is 9.69 Å². The number of piperazine rings is 1. The molecule has 190 valence electrons. The van der Waals surface area contributed by atoms with Crippen LogP contribution < -0.4 is 4.90 Å². The molecule has 3 aromatic rings. The molecule has 0 unspecified atom stereocenters. The minimum atomic E-state index is -0.152. The smallest absolute Gasteiger partial charge is 0.286 e. The summed E-state index contributed by atoms with van der Waals surface area (Å²) >= 11 is 1.48. The lowest BCUT2D eigenvalue weighted by Gasteiger charge is -2.38. The van der Waals surface area contributed by atoms with Crippen LogP contribution in [0.2, 0.25) is 0 Å². The molecule has 0 aliphatic carbocycles. The zero-order chi connectivity index (χ0) is 25.4. The van der Waals surface area contributed by atoms with Gasteiger partial charge in [-0.15, -0.1) is 0 Å². The maximum absolute atomic E-state index is 12.6. The van der Waals surface area contributed by atoms with Crippen LogP contribution in [-0.2, 0) is 4.79 Å². The quantitative estimate of drug-likeness (QED) is 0.461. The average molecular weight is 513 g/mol. The molecule has 1 aromatic heterocycles. The van der Waals surface area contributed by atoms with Crippen molar-refractivity contribution in [2.75, 3.05) is 44.2 Å². The summed E-state index contributed by atoms with van der Waals surface area (Å²) < 4.78 is 0. The maximum Gasteiger partial charge on any atom is 0.286 e. The van der Waals surface area contributed by atoms with E-state index in [0.29, 0.717) is 10.9 Å². The first kappa shape index (κ1) is 24.1. The predicted molar refractivity (Wildman–Crippen MR) is 153 cm³/mol. The molecule has 4 heterocycles. The predicted octanol–water partition coefficient (Wildman–Crippen LogP) is 4.89. The molecule has 37 heavy (non-hydrogen) atoms. The van der Waals surface area contributed by atoms with E-state index in [1.165, 1.54) is 17.4 Å². The third-order valence-electron chi connectivity index (χ3n) is 7.49. The Labute approximate surface area is 222 Å². The zero-order valence-corrected chi connectivity index (χ0v) is 22.2. The lowest BCUT2D eigenvalue weighted by molar-refractivity contribution is -0.113. The molecular formula is C29H32N6OS. The Bertz CT molecular complexity index is 1370. The molecule has 1 amide bonds. The highest BCUT2D eigenvalue weighted by molar-refractivity contribution is 8.18. The van der Waals surface area contributed by atoms with E-state index in [2.05, 4.69) is 73.8 Å². The van der Waals surface area contributed by atoms with Gasteiger partial charge in [0.1, 0.15) is 6.33 Å². The number of hydrogen-bond donors (Lipinski definition) is 0. The highest BCUT2D eigenvalue weighted by atomic mass is 32.2. The molecule has 2 aromatic carbocycles. The van der Waals surface area contributed by atoms with Crippen molar-refractivity contribution < 1.29 is 4.79 Å².